The third-order valence-corrected chi connectivity index (χ3v) is 4.23. The lowest BCUT2D eigenvalue weighted by atomic mass is 9.95. The lowest BCUT2D eigenvalue weighted by Gasteiger charge is -2.22. The van der Waals surface area contributed by atoms with Crippen molar-refractivity contribution >= 4 is 17.5 Å². The molecule has 102 valence electrons. The Morgan fingerprint density at radius 1 is 1.26 bits per heavy atom. The molecule has 1 N–H and O–H groups in total. The molecule has 4 heteroatoms. The summed E-state index contributed by atoms with van der Waals surface area (Å²) in [6.45, 7) is 2.93. The van der Waals surface area contributed by atoms with E-state index in [4.69, 9.17) is 16.3 Å². The van der Waals surface area contributed by atoms with Crippen LogP contribution in [0.15, 0.2) is 29.3 Å². The van der Waals surface area contributed by atoms with Crippen molar-refractivity contribution in [2.24, 2.45) is 10.9 Å². The van der Waals surface area contributed by atoms with Gasteiger partial charge in [0.2, 0.25) is 0 Å². The maximum absolute atomic E-state index is 6.20. The molecule has 0 aliphatic carbocycles. The summed E-state index contributed by atoms with van der Waals surface area (Å²) in [5.74, 6) is 1.63. The zero-order valence-electron chi connectivity index (χ0n) is 10.9. The predicted molar refractivity (Wildman–Crippen MR) is 77.8 cm³/mol. The molecule has 1 aromatic rings. The van der Waals surface area contributed by atoms with Crippen molar-refractivity contribution in [2.75, 3.05) is 19.6 Å². The highest BCUT2D eigenvalue weighted by Crippen LogP contribution is 2.30. The van der Waals surface area contributed by atoms with Crippen LogP contribution in [-0.4, -0.2) is 25.5 Å². The largest absolute Gasteiger partial charge is 0.471 e. The van der Waals surface area contributed by atoms with Gasteiger partial charge in [0.15, 0.2) is 5.90 Å². The van der Waals surface area contributed by atoms with E-state index in [-0.39, 0.29) is 6.10 Å². The smallest absolute Gasteiger partial charge is 0.184 e. The van der Waals surface area contributed by atoms with E-state index in [9.17, 15) is 0 Å². The average molecular weight is 279 g/mol. The molecule has 3 rings (SSSR count). The molecule has 0 amide bonds. The maximum atomic E-state index is 6.20. The Labute approximate surface area is 119 Å². The number of nitrogens with one attached hydrogen (secondary N) is 1. The molecule has 0 aromatic heterocycles. The molecular weight excluding hydrogens is 260 g/mol. The number of hydrogen-bond acceptors (Lipinski definition) is 3. The molecule has 0 spiro atoms. The summed E-state index contributed by atoms with van der Waals surface area (Å²) in [6.07, 6.45) is 3.42. The van der Waals surface area contributed by atoms with Crippen molar-refractivity contribution in [2.45, 2.75) is 25.4 Å². The van der Waals surface area contributed by atoms with Crippen molar-refractivity contribution in [3.05, 3.63) is 34.9 Å². The Kier molecular flexibility index (Phi) is 4.04. The number of ether oxygens (including phenoxy) is 1. The molecule has 1 aromatic carbocycles. The van der Waals surface area contributed by atoms with Crippen LogP contribution >= 0.6 is 11.6 Å². The van der Waals surface area contributed by atoms with Crippen LogP contribution in [0, 0.1) is 5.92 Å². The number of piperidine rings is 1. The Morgan fingerprint density at radius 2 is 2.05 bits per heavy atom. The fourth-order valence-electron chi connectivity index (χ4n) is 2.77. The first-order chi connectivity index (χ1) is 9.33. The van der Waals surface area contributed by atoms with Crippen LogP contribution in [0.4, 0.5) is 0 Å². The molecular formula is C15H19ClN2O. The van der Waals surface area contributed by atoms with E-state index in [2.05, 4.69) is 10.3 Å². The standard InChI is InChI=1S/C15H19ClN2O/c16-13-4-2-1-3-12(13)14-10-18-15(19-14)9-11-5-7-17-8-6-11/h1-4,11,14,17H,5-10H2. The molecule has 1 saturated heterocycles. The molecule has 2 heterocycles. The SMILES string of the molecule is Clc1ccccc1C1CN=C(CC2CCNCC2)O1. The molecule has 2 aliphatic rings. The lowest BCUT2D eigenvalue weighted by Crippen LogP contribution is -2.29. The third kappa shape index (κ3) is 3.10. The molecule has 19 heavy (non-hydrogen) atoms. The van der Waals surface area contributed by atoms with Crippen molar-refractivity contribution in [3.63, 3.8) is 0 Å². The lowest BCUT2D eigenvalue weighted by molar-refractivity contribution is 0.216. The van der Waals surface area contributed by atoms with Crippen LogP contribution in [0.2, 0.25) is 5.02 Å². The number of rotatable bonds is 3. The Bertz CT molecular complexity index is 469. The quantitative estimate of drug-likeness (QED) is 0.921. The van der Waals surface area contributed by atoms with E-state index < -0.39 is 0 Å². The molecule has 1 atom stereocenters. The molecule has 0 bridgehead atoms. The first-order valence-electron chi connectivity index (χ1n) is 6.98. The van der Waals surface area contributed by atoms with Crippen molar-refractivity contribution < 1.29 is 4.74 Å². The van der Waals surface area contributed by atoms with Gasteiger partial charge in [0, 0.05) is 17.0 Å². The van der Waals surface area contributed by atoms with E-state index in [1.54, 1.807) is 0 Å². The number of halogens is 1. The molecule has 2 aliphatic heterocycles. The van der Waals surface area contributed by atoms with Crippen molar-refractivity contribution in [1.29, 1.82) is 0 Å². The number of aliphatic imine (C=N–C) groups is 1. The minimum absolute atomic E-state index is 0.00501. The van der Waals surface area contributed by atoms with E-state index in [0.717, 1.165) is 36.0 Å². The first kappa shape index (κ1) is 12.9. The van der Waals surface area contributed by atoms with Crippen molar-refractivity contribution in [1.82, 2.24) is 5.32 Å². The van der Waals surface area contributed by atoms with E-state index in [0.29, 0.717) is 12.5 Å². The zero-order valence-corrected chi connectivity index (χ0v) is 11.7. The van der Waals surface area contributed by atoms with Gasteiger partial charge in [-0.2, -0.15) is 0 Å². The summed E-state index contributed by atoms with van der Waals surface area (Å²) in [7, 11) is 0. The van der Waals surface area contributed by atoms with Gasteiger partial charge in [-0.15, -0.1) is 0 Å². The van der Waals surface area contributed by atoms with Crippen molar-refractivity contribution in [3.8, 4) is 0 Å². The van der Waals surface area contributed by atoms with Gasteiger partial charge >= 0.3 is 0 Å². The summed E-state index contributed by atoms with van der Waals surface area (Å²) in [6, 6.07) is 7.87. The van der Waals surface area contributed by atoms with Gasteiger partial charge in [-0.1, -0.05) is 29.8 Å². The highest BCUT2D eigenvalue weighted by molar-refractivity contribution is 6.31. The van der Waals surface area contributed by atoms with Gasteiger partial charge in [-0.3, -0.25) is 4.99 Å². The molecule has 1 fully saturated rings. The Balaban J connectivity index is 1.58. The molecule has 0 radical (unpaired) electrons. The second kappa shape index (κ2) is 5.93. The van der Waals surface area contributed by atoms with Gasteiger partial charge in [-0.25, -0.2) is 0 Å². The van der Waals surface area contributed by atoms with Gasteiger partial charge < -0.3 is 10.1 Å². The molecule has 1 unspecified atom stereocenters. The van der Waals surface area contributed by atoms with Crippen LogP contribution in [-0.2, 0) is 4.74 Å². The van der Waals surface area contributed by atoms with Crippen LogP contribution in [0.5, 0.6) is 0 Å². The number of nitrogens with zero attached hydrogens (tertiary/aromatic N) is 1. The van der Waals surface area contributed by atoms with E-state index in [1.807, 2.05) is 24.3 Å². The summed E-state index contributed by atoms with van der Waals surface area (Å²) in [5, 5.41) is 4.15. The van der Waals surface area contributed by atoms with Crippen LogP contribution in [0.1, 0.15) is 30.9 Å². The third-order valence-electron chi connectivity index (χ3n) is 3.89. The number of benzene rings is 1. The molecule has 0 saturated carbocycles. The van der Waals surface area contributed by atoms with Crippen LogP contribution < -0.4 is 5.32 Å². The Hall–Kier alpha value is -1.06. The van der Waals surface area contributed by atoms with Crippen LogP contribution in [0.3, 0.4) is 0 Å². The Morgan fingerprint density at radius 3 is 2.84 bits per heavy atom. The predicted octanol–water partition coefficient (Wildman–Crippen LogP) is 3.20. The van der Waals surface area contributed by atoms with Gasteiger partial charge in [0.05, 0.1) is 6.54 Å². The summed E-state index contributed by atoms with van der Waals surface area (Å²) < 4.78 is 5.98. The fraction of sp³-hybridized carbons (Fsp3) is 0.533. The monoisotopic (exact) mass is 278 g/mol. The number of hydrogen-bond donors (Lipinski definition) is 1. The van der Waals surface area contributed by atoms with E-state index in [1.165, 1.54) is 12.8 Å². The van der Waals surface area contributed by atoms with Gasteiger partial charge in [0.1, 0.15) is 6.10 Å². The molecule has 3 nitrogen and oxygen atoms in total. The minimum Gasteiger partial charge on any atom is -0.471 e. The summed E-state index contributed by atoms with van der Waals surface area (Å²) in [5.41, 5.74) is 1.05. The maximum Gasteiger partial charge on any atom is 0.184 e. The van der Waals surface area contributed by atoms with Crippen LogP contribution in [0.25, 0.3) is 0 Å². The zero-order chi connectivity index (χ0) is 13.1. The highest BCUT2D eigenvalue weighted by atomic mass is 35.5. The minimum atomic E-state index is 0.00501. The topological polar surface area (TPSA) is 33.6 Å². The van der Waals surface area contributed by atoms with E-state index >= 15 is 0 Å². The first-order valence-corrected chi connectivity index (χ1v) is 7.36. The average Bonchev–Trinajstić information content (AvgIpc) is 2.89. The normalized spacial score (nSPS) is 24.1. The second-order valence-electron chi connectivity index (χ2n) is 5.26. The van der Waals surface area contributed by atoms with Gasteiger partial charge in [0.25, 0.3) is 0 Å². The fourth-order valence-corrected chi connectivity index (χ4v) is 3.02. The summed E-state index contributed by atoms with van der Waals surface area (Å²) in [4.78, 5) is 4.54. The van der Waals surface area contributed by atoms with Gasteiger partial charge in [-0.05, 0) is 37.9 Å². The second-order valence-corrected chi connectivity index (χ2v) is 5.67. The highest BCUT2D eigenvalue weighted by Gasteiger charge is 2.25. The summed E-state index contributed by atoms with van der Waals surface area (Å²) >= 11 is 6.20.